The van der Waals surface area contributed by atoms with Crippen molar-refractivity contribution in [1.82, 2.24) is 4.98 Å². The van der Waals surface area contributed by atoms with Crippen LogP contribution in [-0.2, 0) is 10.0 Å². The van der Waals surface area contributed by atoms with Gasteiger partial charge in [-0.2, -0.15) is 10.2 Å². The molecule has 6 nitrogen and oxygen atoms in total. The molecule has 24 heavy (non-hydrogen) atoms. The number of benzene rings is 1. The topological polar surface area (TPSA) is 87.2 Å². The van der Waals surface area contributed by atoms with E-state index >= 15 is 0 Å². The summed E-state index contributed by atoms with van der Waals surface area (Å²) in [6.07, 6.45) is 0. The molecule has 8 heteroatoms. The van der Waals surface area contributed by atoms with Crippen molar-refractivity contribution in [2.24, 2.45) is 0 Å². The molecular formula is C16H13N3O3S2. The van der Waals surface area contributed by atoms with Crippen LogP contribution in [0, 0.1) is 18.3 Å². The highest BCUT2D eigenvalue weighted by Gasteiger charge is 2.28. The Morgan fingerprint density at radius 1 is 1.25 bits per heavy atom. The third-order valence-corrected chi connectivity index (χ3v) is 6.03. The molecule has 0 aliphatic heterocycles. The van der Waals surface area contributed by atoms with Gasteiger partial charge in [0.05, 0.1) is 9.77 Å². The summed E-state index contributed by atoms with van der Waals surface area (Å²) in [5.74, 6) is 0.129. The molecule has 0 atom stereocenters. The standard InChI is InChI=1S/C16H13N3O3S2/c1-11-5-7-12(8-6-11)24(20,21)19(2)16-13(10-17)18-15(22-16)14-4-3-9-23-14/h3-9H,1-2H3. The average molecular weight is 359 g/mol. The largest absolute Gasteiger partial charge is 0.417 e. The number of oxazole rings is 1. The number of hydrogen-bond donors (Lipinski definition) is 0. The van der Waals surface area contributed by atoms with Gasteiger partial charge in [-0.25, -0.2) is 12.7 Å². The molecule has 0 aliphatic rings. The van der Waals surface area contributed by atoms with E-state index in [9.17, 15) is 13.7 Å². The number of aryl methyl sites for hydroxylation is 1. The summed E-state index contributed by atoms with van der Waals surface area (Å²) in [6, 6.07) is 12.0. The number of anilines is 1. The zero-order valence-corrected chi connectivity index (χ0v) is 14.6. The van der Waals surface area contributed by atoms with E-state index in [2.05, 4.69) is 4.98 Å². The predicted molar refractivity (Wildman–Crippen MR) is 91.3 cm³/mol. The van der Waals surface area contributed by atoms with Crippen LogP contribution in [0.15, 0.2) is 51.1 Å². The minimum Gasteiger partial charge on any atom is -0.417 e. The van der Waals surface area contributed by atoms with Crippen molar-refractivity contribution in [3.8, 4) is 16.8 Å². The number of rotatable bonds is 4. The van der Waals surface area contributed by atoms with Gasteiger partial charge in [0.2, 0.25) is 17.5 Å². The van der Waals surface area contributed by atoms with Crippen LogP contribution in [0.25, 0.3) is 10.8 Å². The third kappa shape index (κ3) is 2.79. The Morgan fingerprint density at radius 2 is 1.96 bits per heavy atom. The van der Waals surface area contributed by atoms with E-state index in [1.54, 1.807) is 18.2 Å². The molecule has 0 aliphatic carbocycles. The fourth-order valence-electron chi connectivity index (χ4n) is 2.08. The zero-order valence-electron chi connectivity index (χ0n) is 12.9. The molecule has 0 saturated carbocycles. The smallest absolute Gasteiger partial charge is 0.266 e. The van der Waals surface area contributed by atoms with E-state index in [1.807, 2.05) is 24.4 Å². The maximum atomic E-state index is 12.7. The average Bonchev–Trinajstić information content (AvgIpc) is 3.23. The highest BCUT2D eigenvalue weighted by atomic mass is 32.2. The second-order valence-corrected chi connectivity index (χ2v) is 7.96. The Kier molecular flexibility index (Phi) is 4.13. The molecule has 0 radical (unpaired) electrons. The summed E-state index contributed by atoms with van der Waals surface area (Å²) in [7, 11) is -2.50. The number of nitrogens with zero attached hydrogens (tertiary/aromatic N) is 3. The number of sulfonamides is 1. The van der Waals surface area contributed by atoms with Crippen molar-refractivity contribution in [3.63, 3.8) is 0 Å². The molecule has 2 heterocycles. The Hall–Kier alpha value is -2.63. The van der Waals surface area contributed by atoms with Gasteiger partial charge in [-0.15, -0.1) is 11.3 Å². The summed E-state index contributed by atoms with van der Waals surface area (Å²) in [6.45, 7) is 1.87. The van der Waals surface area contributed by atoms with E-state index in [-0.39, 0.29) is 22.4 Å². The quantitative estimate of drug-likeness (QED) is 0.712. The molecule has 0 amide bonds. The molecule has 3 rings (SSSR count). The van der Waals surface area contributed by atoms with Crippen molar-refractivity contribution in [2.75, 3.05) is 11.4 Å². The number of hydrogen-bond acceptors (Lipinski definition) is 6. The maximum Gasteiger partial charge on any atom is 0.266 e. The molecule has 1 aromatic carbocycles. The van der Waals surface area contributed by atoms with Crippen LogP contribution < -0.4 is 4.31 Å². The van der Waals surface area contributed by atoms with Gasteiger partial charge >= 0.3 is 0 Å². The van der Waals surface area contributed by atoms with E-state index in [1.165, 1.54) is 30.5 Å². The van der Waals surface area contributed by atoms with Crippen molar-refractivity contribution in [1.29, 1.82) is 5.26 Å². The van der Waals surface area contributed by atoms with E-state index in [0.717, 1.165) is 14.7 Å². The normalized spacial score (nSPS) is 11.2. The molecular weight excluding hydrogens is 346 g/mol. The fourth-order valence-corrected chi connectivity index (χ4v) is 3.87. The minimum atomic E-state index is -3.84. The molecule has 0 spiro atoms. The van der Waals surface area contributed by atoms with Crippen LogP contribution in [0.2, 0.25) is 0 Å². The monoisotopic (exact) mass is 359 g/mol. The summed E-state index contributed by atoms with van der Waals surface area (Å²) in [5, 5.41) is 11.1. The van der Waals surface area contributed by atoms with Crippen molar-refractivity contribution in [2.45, 2.75) is 11.8 Å². The van der Waals surface area contributed by atoms with Gasteiger partial charge in [0, 0.05) is 7.05 Å². The lowest BCUT2D eigenvalue weighted by Crippen LogP contribution is -2.26. The van der Waals surface area contributed by atoms with Crippen LogP contribution in [0.3, 0.4) is 0 Å². The highest BCUT2D eigenvalue weighted by molar-refractivity contribution is 7.92. The lowest BCUT2D eigenvalue weighted by molar-refractivity contribution is 0.564. The molecule has 0 unspecified atom stereocenters. The first-order valence-corrected chi connectivity index (χ1v) is 9.26. The predicted octanol–water partition coefficient (Wildman–Crippen LogP) is 3.41. The van der Waals surface area contributed by atoms with E-state index in [4.69, 9.17) is 4.42 Å². The Bertz CT molecular complexity index is 998. The second-order valence-electron chi connectivity index (χ2n) is 5.05. The first-order valence-electron chi connectivity index (χ1n) is 6.94. The number of nitriles is 1. The van der Waals surface area contributed by atoms with Gasteiger partial charge < -0.3 is 4.42 Å². The fraction of sp³-hybridized carbons (Fsp3) is 0.125. The van der Waals surface area contributed by atoms with Crippen molar-refractivity contribution >= 4 is 27.2 Å². The molecule has 0 N–H and O–H groups in total. The van der Waals surface area contributed by atoms with Crippen LogP contribution in [0.5, 0.6) is 0 Å². The van der Waals surface area contributed by atoms with Gasteiger partial charge in [0.25, 0.3) is 10.0 Å². The minimum absolute atomic E-state index is 0.0726. The molecule has 0 saturated heterocycles. The SMILES string of the molecule is Cc1ccc(S(=O)(=O)N(C)c2oc(-c3cccs3)nc2C#N)cc1. The molecule has 2 aromatic heterocycles. The van der Waals surface area contributed by atoms with E-state index < -0.39 is 10.0 Å². The van der Waals surface area contributed by atoms with E-state index in [0.29, 0.717) is 0 Å². The van der Waals surface area contributed by atoms with Crippen molar-refractivity contribution in [3.05, 3.63) is 53.0 Å². The summed E-state index contributed by atoms with van der Waals surface area (Å²) in [5.41, 5.74) is 0.880. The number of thiophene rings is 1. The van der Waals surface area contributed by atoms with Gasteiger partial charge in [0.1, 0.15) is 6.07 Å². The number of aromatic nitrogens is 1. The third-order valence-electron chi connectivity index (χ3n) is 3.41. The second kappa shape index (κ2) is 6.11. The molecule has 0 bridgehead atoms. The molecule has 0 fully saturated rings. The highest BCUT2D eigenvalue weighted by Crippen LogP contribution is 2.32. The van der Waals surface area contributed by atoms with Crippen LogP contribution in [0.4, 0.5) is 5.88 Å². The van der Waals surface area contributed by atoms with Crippen LogP contribution in [-0.4, -0.2) is 20.4 Å². The lowest BCUT2D eigenvalue weighted by atomic mass is 10.2. The van der Waals surface area contributed by atoms with Gasteiger partial charge in [-0.05, 0) is 30.5 Å². The summed E-state index contributed by atoms with van der Waals surface area (Å²) >= 11 is 1.39. The van der Waals surface area contributed by atoms with Crippen LogP contribution in [0.1, 0.15) is 11.3 Å². The van der Waals surface area contributed by atoms with Gasteiger partial charge in [-0.3, -0.25) is 0 Å². The van der Waals surface area contributed by atoms with Crippen LogP contribution >= 0.6 is 11.3 Å². The van der Waals surface area contributed by atoms with Crippen molar-refractivity contribution < 1.29 is 12.8 Å². The Morgan fingerprint density at radius 3 is 2.54 bits per heavy atom. The first kappa shape index (κ1) is 16.2. The molecule has 122 valence electrons. The zero-order chi connectivity index (χ0) is 17.3. The Labute approximate surface area is 143 Å². The van der Waals surface area contributed by atoms with Gasteiger partial charge in [0.15, 0.2) is 0 Å². The molecule has 3 aromatic rings. The first-order chi connectivity index (χ1) is 11.4. The summed E-state index contributed by atoms with van der Waals surface area (Å²) in [4.78, 5) is 4.93. The Balaban J connectivity index is 2.05. The maximum absolute atomic E-state index is 12.7. The van der Waals surface area contributed by atoms with Gasteiger partial charge in [-0.1, -0.05) is 23.8 Å². The summed E-state index contributed by atoms with van der Waals surface area (Å²) < 4.78 is 32.0. The lowest BCUT2D eigenvalue weighted by Gasteiger charge is -2.16.